The first-order valence-corrected chi connectivity index (χ1v) is 8.05. The summed E-state index contributed by atoms with van der Waals surface area (Å²) in [4.78, 5) is 14.7. The van der Waals surface area contributed by atoms with E-state index in [1.165, 1.54) is 38.9 Å². The van der Waals surface area contributed by atoms with E-state index in [4.69, 9.17) is 4.74 Å². The van der Waals surface area contributed by atoms with Crippen LogP contribution in [0.3, 0.4) is 0 Å². The van der Waals surface area contributed by atoms with Crippen LogP contribution in [0.15, 0.2) is 0 Å². The van der Waals surface area contributed by atoms with Crippen LogP contribution in [0.1, 0.15) is 33.1 Å². The van der Waals surface area contributed by atoms with Gasteiger partial charge < -0.3 is 20.3 Å². The normalized spacial score (nSPS) is 26.6. The molecule has 7 heteroatoms. The lowest BCUT2D eigenvalue weighted by molar-refractivity contribution is -0.129. The van der Waals surface area contributed by atoms with Crippen molar-refractivity contribution in [2.45, 2.75) is 45.3 Å². The Morgan fingerprint density at radius 1 is 1.32 bits per heavy atom. The van der Waals surface area contributed by atoms with E-state index in [0.717, 1.165) is 13.1 Å². The molecule has 22 heavy (non-hydrogen) atoms. The summed E-state index contributed by atoms with van der Waals surface area (Å²) in [6, 6.07) is -0.191. The molecular weight excluding hydrogens is 325 g/mol. The van der Waals surface area contributed by atoms with Crippen LogP contribution >= 0.6 is 24.8 Å². The van der Waals surface area contributed by atoms with Crippen molar-refractivity contribution in [3.8, 4) is 0 Å². The highest BCUT2D eigenvalue weighted by atomic mass is 35.5. The summed E-state index contributed by atoms with van der Waals surface area (Å²) < 4.78 is 5.51. The van der Waals surface area contributed by atoms with Gasteiger partial charge in [-0.3, -0.25) is 4.79 Å². The van der Waals surface area contributed by atoms with Crippen molar-refractivity contribution in [2.75, 3.05) is 39.3 Å². The predicted molar refractivity (Wildman–Crippen MR) is 94.2 cm³/mol. The first-order valence-electron chi connectivity index (χ1n) is 8.05. The smallest absolute Gasteiger partial charge is 0.239 e. The van der Waals surface area contributed by atoms with Crippen molar-refractivity contribution in [1.29, 1.82) is 0 Å². The zero-order valence-corrected chi connectivity index (χ0v) is 15.3. The molecule has 0 aromatic heterocycles. The van der Waals surface area contributed by atoms with Crippen LogP contribution in [0.4, 0.5) is 0 Å². The summed E-state index contributed by atoms with van der Waals surface area (Å²) in [6.07, 6.45) is 3.59. The number of carbonyl (C=O) groups excluding carboxylic acids is 1. The molecule has 0 unspecified atom stereocenters. The molecule has 0 saturated carbocycles. The van der Waals surface area contributed by atoms with E-state index >= 15 is 0 Å². The molecule has 2 saturated heterocycles. The highest BCUT2D eigenvalue weighted by molar-refractivity contribution is 5.85. The molecule has 2 atom stereocenters. The second-order valence-electron chi connectivity index (χ2n) is 6.04. The molecule has 5 nitrogen and oxygen atoms in total. The summed E-state index contributed by atoms with van der Waals surface area (Å²) in [5.41, 5.74) is 0. The van der Waals surface area contributed by atoms with Crippen LogP contribution in [-0.4, -0.2) is 62.3 Å². The molecule has 0 bridgehead atoms. The largest absolute Gasteiger partial charge is 0.375 e. The second kappa shape index (κ2) is 11.5. The molecular formula is C15H31Cl2N3O2. The minimum Gasteiger partial charge on any atom is -0.375 e. The van der Waals surface area contributed by atoms with Crippen LogP contribution in [0.25, 0.3) is 0 Å². The van der Waals surface area contributed by atoms with Gasteiger partial charge >= 0.3 is 0 Å². The number of nitrogens with one attached hydrogen (secondary N) is 2. The highest BCUT2D eigenvalue weighted by Gasteiger charge is 2.28. The third kappa shape index (κ3) is 6.59. The molecule has 132 valence electrons. The van der Waals surface area contributed by atoms with Crippen LogP contribution in [0, 0.1) is 5.92 Å². The zero-order valence-electron chi connectivity index (χ0n) is 13.7. The Morgan fingerprint density at radius 2 is 2.00 bits per heavy atom. The van der Waals surface area contributed by atoms with Gasteiger partial charge in [-0.15, -0.1) is 24.8 Å². The minimum absolute atomic E-state index is 0. The molecule has 0 aromatic carbocycles. The molecule has 2 N–H and O–H groups in total. The lowest BCUT2D eigenvalue weighted by Crippen LogP contribution is -2.56. The number of hydrogen-bond donors (Lipinski definition) is 2. The Bertz CT molecular complexity index is 313. The molecule has 2 aliphatic heterocycles. The lowest BCUT2D eigenvalue weighted by Gasteiger charge is -2.33. The molecule has 2 aliphatic rings. The highest BCUT2D eigenvalue weighted by Crippen LogP contribution is 2.16. The molecule has 2 fully saturated rings. The van der Waals surface area contributed by atoms with Gasteiger partial charge in [-0.2, -0.15) is 0 Å². The third-order valence-corrected chi connectivity index (χ3v) is 4.41. The fraction of sp³-hybridized carbons (Fsp3) is 0.933. The fourth-order valence-electron chi connectivity index (χ4n) is 3.11. The maximum Gasteiger partial charge on any atom is 0.239 e. The number of piperidine rings is 1. The van der Waals surface area contributed by atoms with Gasteiger partial charge in [0, 0.05) is 13.1 Å². The quantitative estimate of drug-likeness (QED) is 0.783. The number of nitrogens with zero attached hydrogens (tertiary/aromatic N) is 1. The summed E-state index contributed by atoms with van der Waals surface area (Å²) in [6.45, 7) is 10.0. The van der Waals surface area contributed by atoms with Crippen LogP contribution in [0.5, 0.6) is 0 Å². The molecule has 0 radical (unpaired) electrons. The van der Waals surface area contributed by atoms with Gasteiger partial charge in [-0.1, -0.05) is 6.92 Å². The van der Waals surface area contributed by atoms with Gasteiger partial charge in [0.05, 0.1) is 12.7 Å². The molecule has 0 aliphatic carbocycles. The van der Waals surface area contributed by atoms with Crippen molar-refractivity contribution in [3.05, 3.63) is 0 Å². The lowest BCUT2D eigenvalue weighted by atomic mass is 9.96. The van der Waals surface area contributed by atoms with E-state index in [1.807, 2.05) is 6.92 Å². The van der Waals surface area contributed by atoms with Crippen molar-refractivity contribution in [1.82, 2.24) is 15.5 Å². The van der Waals surface area contributed by atoms with E-state index in [9.17, 15) is 4.79 Å². The summed E-state index contributed by atoms with van der Waals surface area (Å²) >= 11 is 0. The first-order chi connectivity index (χ1) is 9.70. The topological polar surface area (TPSA) is 53.6 Å². The van der Waals surface area contributed by atoms with E-state index in [2.05, 4.69) is 22.5 Å². The number of hydrogen-bond acceptors (Lipinski definition) is 4. The van der Waals surface area contributed by atoms with E-state index < -0.39 is 0 Å². The molecule has 0 aromatic rings. The zero-order chi connectivity index (χ0) is 14.4. The van der Waals surface area contributed by atoms with Gasteiger partial charge in [0.2, 0.25) is 5.91 Å². The average molecular weight is 356 g/mol. The van der Waals surface area contributed by atoms with Crippen molar-refractivity contribution < 1.29 is 9.53 Å². The Labute approximate surface area is 146 Å². The van der Waals surface area contributed by atoms with Crippen molar-refractivity contribution in [3.63, 3.8) is 0 Å². The number of amides is 1. The van der Waals surface area contributed by atoms with Gasteiger partial charge in [0.25, 0.3) is 0 Å². The predicted octanol–water partition coefficient (Wildman–Crippen LogP) is 1.45. The first kappa shape index (κ1) is 21.9. The van der Waals surface area contributed by atoms with Gasteiger partial charge in [0.15, 0.2) is 0 Å². The Kier molecular flexibility index (Phi) is 11.4. The summed E-state index contributed by atoms with van der Waals surface area (Å²) in [5.74, 6) is 0.722. The SMILES string of the molecule is CCCN1CCC(CNC(=O)[C@H]2NCCO[C@@H]2C)CC1.Cl.Cl. The maximum atomic E-state index is 12.2. The maximum absolute atomic E-state index is 12.2. The molecule has 1 amide bonds. The number of halogens is 2. The minimum atomic E-state index is -0.191. The second-order valence-corrected chi connectivity index (χ2v) is 6.04. The Morgan fingerprint density at radius 3 is 2.59 bits per heavy atom. The van der Waals surface area contributed by atoms with Gasteiger partial charge in [-0.05, 0) is 51.7 Å². The van der Waals surface area contributed by atoms with E-state index in [1.54, 1.807) is 0 Å². The van der Waals surface area contributed by atoms with E-state index in [-0.39, 0.29) is 42.9 Å². The fourth-order valence-corrected chi connectivity index (χ4v) is 3.11. The number of likely N-dealkylation sites (tertiary alicyclic amines) is 1. The van der Waals surface area contributed by atoms with Crippen LogP contribution in [0.2, 0.25) is 0 Å². The molecule has 0 spiro atoms. The number of carbonyl (C=O) groups is 1. The Hall–Kier alpha value is -0.0700. The molecule has 2 rings (SSSR count). The summed E-state index contributed by atoms with van der Waals surface area (Å²) in [7, 11) is 0. The van der Waals surface area contributed by atoms with E-state index in [0.29, 0.717) is 12.5 Å². The number of rotatable bonds is 5. The average Bonchev–Trinajstić information content (AvgIpc) is 2.47. The molecule has 2 heterocycles. The van der Waals surface area contributed by atoms with Crippen LogP contribution in [-0.2, 0) is 9.53 Å². The number of ether oxygens (including phenoxy) is 1. The Balaban J connectivity index is 0.00000220. The monoisotopic (exact) mass is 355 g/mol. The standard InChI is InChI=1S/C15H29N3O2.2ClH/c1-3-7-18-8-4-13(5-9-18)11-17-15(19)14-12(2)20-10-6-16-14;;/h12-14,16H,3-11H2,1-2H3,(H,17,19);2*1H/t12-,14+;;/m1../s1. The van der Waals surface area contributed by atoms with Crippen LogP contribution < -0.4 is 10.6 Å². The number of morpholine rings is 1. The van der Waals surface area contributed by atoms with Crippen molar-refractivity contribution in [2.24, 2.45) is 5.92 Å². The van der Waals surface area contributed by atoms with Gasteiger partial charge in [-0.25, -0.2) is 0 Å². The van der Waals surface area contributed by atoms with Gasteiger partial charge in [0.1, 0.15) is 6.04 Å². The third-order valence-electron chi connectivity index (χ3n) is 4.41. The summed E-state index contributed by atoms with van der Waals surface area (Å²) in [5, 5.41) is 6.33. The van der Waals surface area contributed by atoms with Crippen molar-refractivity contribution >= 4 is 30.7 Å².